The number of hydrazine groups is 1. The van der Waals surface area contributed by atoms with E-state index in [1.165, 1.54) is 0 Å². The fourth-order valence-corrected chi connectivity index (χ4v) is 3.63. The van der Waals surface area contributed by atoms with Gasteiger partial charge in [-0.3, -0.25) is 29.6 Å². The second-order valence-corrected chi connectivity index (χ2v) is 9.24. The molecule has 0 spiro atoms. The first kappa shape index (κ1) is 24.2. The van der Waals surface area contributed by atoms with E-state index in [2.05, 4.69) is 26.2 Å². The number of benzene rings is 2. The van der Waals surface area contributed by atoms with Crippen LogP contribution in [0.2, 0.25) is 0 Å². The highest BCUT2D eigenvalue weighted by Crippen LogP contribution is 2.23. The molecule has 0 unspecified atom stereocenters. The zero-order valence-corrected chi connectivity index (χ0v) is 19.5. The van der Waals surface area contributed by atoms with E-state index in [0.717, 1.165) is 10.6 Å². The van der Waals surface area contributed by atoms with Gasteiger partial charge in [-0.2, -0.15) is 0 Å². The molecule has 0 bridgehead atoms. The molecule has 2 aromatic carbocycles. The number of amides is 2. The van der Waals surface area contributed by atoms with Crippen LogP contribution < -0.4 is 5.43 Å². The summed E-state index contributed by atoms with van der Waals surface area (Å²) in [5, 5.41) is 1.14. The van der Waals surface area contributed by atoms with E-state index in [1.807, 2.05) is 12.1 Å². The summed E-state index contributed by atoms with van der Waals surface area (Å²) < 4.78 is 5.45. The maximum atomic E-state index is 12.7. The van der Waals surface area contributed by atoms with Crippen LogP contribution in [0.3, 0.4) is 0 Å². The first-order chi connectivity index (χ1) is 15.6. The summed E-state index contributed by atoms with van der Waals surface area (Å²) in [7, 11) is 0. The molecule has 2 atom stereocenters. The zero-order chi connectivity index (χ0) is 24.2. The Morgan fingerprint density at radius 3 is 2.24 bits per heavy atom. The highest BCUT2D eigenvalue weighted by molar-refractivity contribution is 6.01. The maximum Gasteiger partial charge on any atom is 0.312 e. The number of rotatable bonds is 7. The van der Waals surface area contributed by atoms with Crippen LogP contribution in [-0.4, -0.2) is 41.2 Å². The molecule has 33 heavy (non-hydrogen) atoms. The second kappa shape index (κ2) is 9.98. The van der Waals surface area contributed by atoms with Gasteiger partial charge in [-0.1, -0.05) is 70.2 Å². The fourth-order valence-electron chi connectivity index (χ4n) is 3.63. The van der Waals surface area contributed by atoms with Gasteiger partial charge in [0.25, 0.3) is 5.91 Å². The number of Topliss-reactive ketones (excluding diaryl/α,β-unsaturated/α-hetero) is 1. The molecular weight excluding hydrogens is 420 g/mol. The average Bonchev–Trinajstić information content (AvgIpc) is 3.17. The molecule has 1 N–H and O–H groups in total. The van der Waals surface area contributed by atoms with Crippen molar-refractivity contribution in [2.45, 2.75) is 52.1 Å². The number of nitrogens with one attached hydrogen (secondary N) is 1. The van der Waals surface area contributed by atoms with Gasteiger partial charge in [0, 0.05) is 17.5 Å². The van der Waals surface area contributed by atoms with E-state index in [9.17, 15) is 19.2 Å². The fraction of sp³-hybridized carbons (Fsp3) is 0.385. The van der Waals surface area contributed by atoms with E-state index in [-0.39, 0.29) is 30.1 Å². The van der Waals surface area contributed by atoms with Crippen molar-refractivity contribution in [2.24, 2.45) is 5.92 Å². The van der Waals surface area contributed by atoms with Gasteiger partial charge in [-0.05, 0) is 29.5 Å². The van der Waals surface area contributed by atoms with Crippen molar-refractivity contribution in [3.63, 3.8) is 0 Å². The molecule has 2 aromatic rings. The second-order valence-electron chi connectivity index (χ2n) is 9.24. The van der Waals surface area contributed by atoms with Crippen LogP contribution in [0.5, 0.6) is 0 Å². The first-order valence-electron chi connectivity index (χ1n) is 11.1. The Morgan fingerprint density at radius 1 is 1.03 bits per heavy atom. The van der Waals surface area contributed by atoms with Crippen molar-refractivity contribution in [3.8, 4) is 0 Å². The molecule has 1 aliphatic heterocycles. The van der Waals surface area contributed by atoms with E-state index in [1.54, 1.807) is 49.4 Å². The SMILES string of the molecule is CC[C@@H](OC(=O)[C@H]1CC(=O)N(NC(=O)c2ccc(C(C)(C)C)cc2)C1)C(=O)c1ccccc1. The molecule has 1 fully saturated rings. The highest BCUT2D eigenvalue weighted by atomic mass is 16.5. The number of hydrogen-bond acceptors (Lipinski definition) is 5. The molecule has 1 heterocycles. The predicted molar refractivity (Wildman–Crippen MR) is 123 cm³/mol. The first-order valence-corrected chi connectivity index (χ1v) is 11.1. The monoisotopic (exact) mass is 450 g/mol. The van der Waals surface area contributed by atoms with Gasteiger partial charge in [0.1, 0.15) is 0 Å². The molecule has 2 amide bonds. The van der Waals surface area contributed by atoms with Crippen molar-refractivity contribution in [2.75, 3.05) is 6.54 Å². The molecular formula is C26H30N2O5. The van der Waals surface area contributed by atoms with Crippen LogP contribution in [0.15, 0.2) is 54.6 Å². The third-order valence-corrected chi connectivity index (χ3v) is 5.69. The summed E-state index contributed by atoms with van der Waals surface area (Å²) in [6.07, 6.45) is -0.677. The molecule has 3 rings (SSSR count). The summed E-state index contributed by atoms with van der Waals surface area (Å²) in [4.78, 5) is 50.3. The molecule has 0 radical (unpaired) electrons. The van der Waals surface area contributed by atoms with Gasteiger partial charge >= 0.3 is 5.97 Å². The van der Waals surface area contributed by atoms with Crippen LogP contribution in [0.25, 0.3) is 0 Å². The molecule has 174 valence electrons. The van der Waals surface area contributed by atoms with Gasteiger partial charge in [-0.15, -0.1) is 0 Å². The number of ether oxygens (including phenoxy) is 1. The van der Waals surface area contributed by atoms with Crippen molar-refractivity contribution in [1.29, 1.82) is 0 Å². The van der Waals surface area contributed by atoms with E-state index < -0.39 is 23.9 Å². The number of hydrogen-bond donors (Lipinski definition) is 1. The molecule has 7 heteroatoms. The van der Waals surface area contributed by atoms with Crippen molar-refractivity contribution in [3.05, 3.63) is 71.3 Å². The summed E-state index contributed by atoms with van der Waals surface area (Å²) in [6, 6.07) is 15.8. The normalized spacial score (nSPS) is 16.9. The van der Waals surface area contributed by atoms with E-state index in [0.29, 0.717) is 17.5 Å². The molecule has 1 saturated heterocycles. The minimum absolute atomic E-state index is 0.000552. The van der Waals surface area contributed by atoms with Gasteiger partial charge in [0.15, 0.2) is 6.10 Å². The minimum atomic E-state index is -0.917. The van der Waals surface area contributed by atoms with Crippen LogP contribution in [-0.2, 0) is 19.7 Å². The van der Waals surface area contributed by atoms with Gasteiger partial charge in [-0.25, -0.2) is 0 Å². The molecule has 7 nitrogen and oxygen atoms in total. The molecule has 0 aromatic heterocycles. The van der Waals surface area contributed by atoms with Crippen molar-refractivity contribution >= 4 is 23.6 Å². The van der Waals surface area contributed by atoms with Gasteiger partial charge in [0.05, 0.1) is 12.5 Å². The van der Waals surface area contributed by atoms with Gasteiger partial charge < -0.3 is 4.74 Å². The average molecular weight is 451 g/mol. The Morgan fingerprint density at radius 2 is 1.67 bits per heavy atom. The van der Waals surface area contributed by atoms with Crippen LogP contribution >= 0.6 is 0 Å². The minimum Gasteiger partial charge on any atom is -0.454 e. The van der Waals surface area contributed by atoms with Crippen molar-refractivity contribution in [1.82, 2.24) is 10.4 Å². The van der Waals surface area contributed by atoms with E-state index >= 15 is 0 Å². The predicted octanol–water partition coefficient (Wildman–Crippen LogP) is 3.68. The molecule has 1 aliphatic rings. The van der Waals surface area contributed by atoms with Crippen molar-refractivity contribution < 1.29 is 23.9 Å². The largest absolute Gasteiger partial charge is 0.454 e. The lowest BCUT2D eigenvalue weighted by molar-refractivity contribution is -0.151. The number of carbonyl (C=O) groups excluding carboxylic acids is 4. The highest BCUT2D eigenvalue weighted by Gasteiger charge is 2.38. The lowest BCUT2D eigenvalue weighted by Crippen LogP contribution is -2.43. The topological polar surface area (TPSA) is 92.8 Å². The third kappa shape index (κ3) is 5.86. The summed E-state index contributed by atoms with van der Waals surface area (Å²) in [5.74, 6) is -2.45. The van der Waals surface area contributed by atoms with E-state index in [4.69, 9.17) is 4.74 Å². The number of carbonyl (C=O) groups is 4. The standard InChI is InChI=1S/C26H30N2O5/c1-5-21(23(30)17-9-7-6-8-10-17)33-25(32)19-15-22(29)28(16-19)27-24(31)18-11-13-20(14-12-18)26(2,3)4/h6-14,19,21H,5,15-16H2,1-4H3,(H,27,31)/t19-,21+/m0/s1. The Balaban J connectivity index is 1.59. The van der Waals surface area contributed by atoms with Gasteiger partial charge in [0.2, 0.25) is 11.7 Å². The van der Waals surface area contributed by atoms with Crippen LogP contribution in [0, 0.1) is 5.92 Å². The number of nitrogens with zero attached hydrogens (tertiary/aromatic N) is 1. The number of esters is 1. The maximum absolute atomic E-state index is 12.7. The Bertz CT molecular complexity index is 1020. The Hall–Kier alpha value is -3.48. The molecule has 0 saturated carbocycles. The summed E-state index contributed by atoms with van der Waals surface area (Å²) >= 11 is 0. The summed E-state index contributed by atoms with van der Waals surface area (Å²) in [6.45, 7) is 8.01. The smallest absolute Gasteiger partial charge is 0.312 e. The lowest BCUT2D eigenvalue weighted by atomic mass is 9.87. The third-order valence-electron chi connectivity index (χ3n) is 5.69. The van der Waals surface area contributed by atoms with Crippen LogP contribution in [0.4, 0.5) is 0 Å². The molecule has 0 aliphatic carbocycles. The Labute approximate surface area is 194 Å². The summed E-state index contributed by atoms with van der Waals surface area (Å²) in [5.41, 5.74) is 4.51. The Kier molecular flexibility index (Phi) is 7.31. The quantitative estimate of drug-likeness (QED) is 0.513. The lowest BCUT2D eigenvalue weighted by Gasteiger charge is -2.20. The number of ketones is 1. The zero-order valence-electron chi connectivity index (χ0n) is 19.5. The van der Waals surface area contributed by atoms with Crippen LogP contribution in [0.1, 0.15) is 66.8 Å².